The summed E-state index contributed by atoms with van der Waals surface area (Å²) in [7, 11) is 3.96. The Kier molecular flexibility index (Phi) is 6.51. The minimum absolute atomic E-state index is 0.118. The third-order valence-corrected chi connectivity index (χ3v) is 4.09. The second-order valence-corrected chi connectivity index (χ2v) is 6.51. The maximum atomic E-state index is 11.8. The summed E-state index contributed by atoms with van der Waals surface area (Å²) in [6.45, 7) is 1.68. The molecule has 124 valence electrons. The van der Waals surface area contributed by atoms with Crippen LogP contribution in [0.4, 0.5) is 5.13 Å². The van der Waals surface area contributed by atoms with E-state index in [1.807, 2.05) is 43.3 Å². The Morgan fingerprint density at radius 1 is 1.30 bits per heavy atom. The second-order valence-electron chi connectivity index (χ2n) is 5.07. The predicted octanol–water partition coefficient (Wildman–Crippen LogP) is 0.765. The molecule has 0 bridgehead atoms. The number of nitrogens with zero attached hydrogens (tertiary/aromatic N) is 2. The van der Waals surface area contributed by atoms with E-state index in [1.165, 1.54) is 11.3 Å². The number of para-hydroxylation sites is 1. The lowest BCUT2D eigenvalue weighted by atomic mass is 10.3. The van der Waals surface area contributed by atoms with Crippen molar-refractivity contribution in [3.05, 3.63) is 24.3 Å². The van der Waals surface area contributed by atoms with E-state index in [4.69, 9.17) is 12.2 Å². The number of hydrazine groups is 1. The number of benzene rings is 1. The van der Waals surface area contributed by atoms with Crippen molar-refractivity contribution < 1.29 is 4.79 Å². The molecule has 1 aromatic carbocycles. The smallest absolute Gasteiger partial charge is 0.257 e. The highest BCUT2D eigenvalue weighted by Gasteiger charge is 2.05. The van der Waals surface area contributed by atoms with Crippen LogP contribution in [0.25, 0.3) is 10.2 Å². The zero-order valence-corrected chi connectivity index (χ0v) is 14.7. The maximum Gasteiger partial charge on any atom is 0.257 e. The van der Waals surface area contributed by atoms with E-state index in [0.717, 1.165) is 16.8 Å². The molecule has 0 aliphatic heterocycles. The van der Waals surface area contributed by atoms with E-state index in [0.29, 0.717) is 16.8 Å². The Morgan fingerprint density at radius 2 is 2.09 bits per heavy atom. The minimum atomic E-state index is -0.221. The fourth-order valence-corrected chi connectivity index (χ4v) is 2.73. The van der Waals surface area contributed by atoms with Gasteiger partial charge in [0.25, 0.3) is 5.91 Å². The summed E-state index contributed by atoms with van der Waals surface area (Å²) >= 11 is 6.57. The summed E-state index contributed by atoms with van der Waals surface area (Å²) < 4.78 is 1.08. The van der Waals surface area contributed by atoms with E-state index >= 15 is 0 Å². The molecule has 9 heteroatoms. The van der Waals surface area contributed by atoms with Crippen LogP contribution in [0, 0.1) is 0 Å². The Bertz CT molecular complexity index is 639. The van der Waals surface area contributed by atoms with E-state index in [9.17, 15) is 4.79 Å². The number of fused-ring (bicyclic) bond motifs is 1. The third kappa shape index (κ3) is 5.97. The summed E-state index contributed by atoms with van der Waals surface area (Å²) in [5.74, 6) is -0.221. The van der Waals surface area contributed by atoms with Gasteiger partial charge in [-0.05, 0) is 38.4 Å². The SMILES string of the molecule is CN(C)CCNC(=S)NNC(=O)CNc1nc2ccccc2s1. The first-order valence-corrected chi connectivity index (χ1v) is 8.34. The molecule has 0 saturated heterocycles. The van der Waals surface area contributed by atoms with Crippen LogP contribution in [0.5, 0.6) is 0 Å². The van der Waals surface area contributed by atoms with Crippen molar-refractivity contribution in [3.8, 4) is 0 Å². The van der Waals surface area contributed by atoms with Gasteiger partial charge in [-0.1, -0.05) is 23.5 Å². The summed E-state index contributed by atoms with van der Waals surface area (Å²) in [5, 5.41) is 7.10. The number of nitrogens with one attached hydrogen (secondary N) is 4. The van der Waals surface area contributed by atoms with Gasteiger partial charge >= 0.3 is 0 Å². The maximum absolute atomic E-state index is 11.8. The zero-order chi connectivity index (χ0) is 16.7. The van der Waals surface area contributed by atoms with E-state index < -0.39 is 0 Å². The number of hydrogen-bond acceptors (Lipinski definition) is 6. The standard InChI is InChI=1S/C14H20N6OS2/c1-20(2)8-7-15-13(22)19-18-12(21)9-16-14-17-10-5-3-4-6-11(10)23-14/h3-6H,7-9H2,1-2H3,(H,16,17)(H,18,21)(H2,15,19,22). The second kappa shape index (κ2) is 8.61. The van der Waals surface area contributed by atoms with E-state index in [-0.39, 0.29) is 12.5 Å². The van der Waals surface area contributed by atoms with Crippen LogP contribution in [0.1, 0.15) is 0 Å². The van der Waals surface area contributed by atoms with Gasteiger partial charge in [0.1, 0.15) is 0 Å². The third-order valence-electron chi connectivity index (χ3n) is 2.85. The largest absolute Gasteiger partial charge is 0.360 e. The van der Waals surface area contributed by atoms with Gasteiger partial charge in [0.15, 0.2) is 10.2 Å². The van der Waals surface area contributed by atoms with Crippen LogP contribution in [0.2, 0.25) is 0 Å². The summed E-state index contributed by atoms with van der Waals surface area (Å²) in [5.41, 5.74) is 6.12. The number of aromatic nitrogens is 1. The molecule has 1 amide bonds. The number of amides is 1. The first kappa shape index (κ1) is 17.4. The molecule has 0 fully saturated rings. The lowest BCUT2D eigenvalue weighted by Gasteiger charge is -2.13. The number of likely N-dealkylation sites (N-methyl/N-ethyl adjacent to an activating group) is 1. The highest BCUT2D eigenvalue weighted by molar-refractivity contribution is 7.80. The molecule has 0 saturated carbocycles. The molecule has 2 aromatic rings. The molecule has 0 unspecified atom stereocenters. The Morgan fingerprint density at radius 3 is 2.83 bits per heavy atom. The highest BCUT2D eigenvalue weighted by atomic mass is 32.1. The fourth-order valence-electron chi connectivity index (χ4n) is 1.71. The number of thiazole rings is 1. The summed E-state index contributed by atoms with van der Waals surface area (Å²) in [6.07, 6.45) is 0. The Labute approximate surface area is 144 Å². The molecule has 23 heavy (non-hydrogen) atoms. The van der Waals surface area contributed by atoms with Crippen molar-refractivity contribution in [2.24, 2.45) is 0 Å². The monoisotopic (exact) mass is 352 g/mol. The molecule has 4 N–H and O–H groups in total. The molecule has 1 heterocycles. The molecule has 0 radical (unpaired) electrons. The van der Waals surface area contributed by atoms with Gasteiger partial charge in [-0.15, -0.1) is 0 Å². The number of carbonyl (C=O) groups excluding carboxylic acids is 1. The van der Waals surface area contributed by atoms with Crippen LogP contribution >= 0.6 is 23.6 Å². The van der Waals surface area contributed by atoms with Gasteiger partial charge in [-0.25, -0.2) is 4.98 Å². The van der Waals surface area contributed by atoms with Gasteiger partial charge in [0, 0.05) is 13.1 Å². The zero-order valence-electron chi connectivity index (χ0n) is 13.0. The number of thiocarbonyl (C=S) groups is 1. The molecular formula is C14H20N6OS2. The van der Waals surface area contributed by atoms with Crippen molar-refractivity contribution in [1.29, 1.82) is 0 Å². The average molecular weight is 352 g/mol. The first-order valence-electron chi connectivity index (χ1n) is 7.11. The molecule has 1 aromatic heterocycles. The van der Waals surface area contributed by atoms with Gasteiger partial charge in [-0.3, -0.25) is 15.6 Å². The summed E-state index contributed by atoms with van der Waals surface area (Å²) in [6, 6.07) is 7.84. The van der Waals surface area contributed by atoms with Crippen molar-refractivity contribution in [3.63, 3.8) is 0 Å². The van der Waals surface area contributed by atoms with E-state index in [1.54, 1.807) is 0 Å². The lowest BCUT2D eigenvalue weighted by Crippen LogP contribution is -2.49. The number of carbonyl (C=O) groups is 1. The van der Waals surface area contributed by atoms with Crippen molar-refractivity contribution >= 4 is 49.9 Å². The molecule has 0 spiro atoms. The minimum Gasteiger partial charge on any atom is -0.360 e. The molecule has 0 atom stereocenters. The van der Waals surface area contributed by atoms with Crippen LogP contribution in [-0.2, 0) is 4.79 Å². The van der Waals surface area contributed by atoms with Gasteiger partial charge in [-0.2, -0.15) is 0 Å². The molecule has 0 aliphatic rings. The number of hydrogen-bond donors (Lipinski definition) is 4. The normalized spacial score (nSPS) is 10.6. The number of anilines is 1. The van der Waals surface area contributed by atoms with Crippen LogP contribution < -0.4 is 21.5 Å². The fraction of sp³-hybridized carbons (Fsp3) is 0.357. The molecule has 2 rings (SSSR count). The molecule has 7 nitrogen and oxygen atoms in total. The highest BCUT2D eigenvalue weighted by Crippen LogP contribution is 2.24. The Hall–Kier alpha value is -1.97. The van der Waals surface area contributed by atoms with Gasteiger partial charge in [0.2, 0.25) is 0 Å². The van der Waals surface area contributed by atoms with Crippen molar-refractivity contribution in [2.75, 3.05) is 39.0 Å². The van der Waals surface area contributed by atoms with Crippen molar-refractivity contribution in [1.82, 2.24) is 26.1 Å². The molecular weight excluding hydrogens is 332 g/mol. The Balaban J connectivity index is 1.67. The van der Waals surface area contributed by atoms with Crippen molar-refractivity contribution in [2.45, 2.75) is 0 Å². The topological polar surface area (TPSA) is 81.3 Å². The van der Waals surface area contributed by atoms with Crippen LogP contribution in [0.3, 0.4) is 0 Å². The van der Waals surface area contributed by atoms with Gasteiger partial charge < -0.3 is 15.5 Å². The lowest BCUT2D eigenvalue weighted by molar-refractivity contribution is -0.119. The van der Waals surface area contributed by atoms with Gasteiger partial charge in [0.05, 0.1) is 16.8 Å². The van der Waals surface area contributed by atoms with Crippen LogP contribution in [0.15, 0.2) is 24.3 Å². The van der Waals surface area contributed by atoms with E-state index in [2.05, 4.69) is 26.5 Å². The summed E-state index contributed by atoms with van der Waals surface area (Å²) in [4.78, 5) is 18.2. The average Bonchev–Trinajstić information content (AvgIpc) is 2.93. The quantitative estimate of drug-likeness (QED) is 0.451. The van der Waals surface area contributed by atoms with Crippen LogP contribution in [-0.4, -0.2) is 54.6 Å². The predicted molar refractivity (Wildman–Crippen MR) is 98.5 cm³/mol. The number of rotatable bonds is 6. The first-order chi connectivity index (χ1) is 11.0. The molecule has 0 aliphatic carbocycles.